The summed E-state index contributed by atoms with van der Waals surface area (Å²) in [5.74, 6) is 0.766. The third-order valence-corrected chi connectivity index (χ3v) is 3.35. The van der Waals surface area contributed by atoms with E-state index >= 15 is 0 Å². The largest absolute Gasteiger partial charge is 0.497 e. The lowest BCUT2D eigenvalue weighted by atomic mass is 10.2. The molecule has 0 radical (unpaired) electrons. The van der Waals surface area contributed by atoms with Gasteiger partial charge >= 0.3 is 5.69 Å². The van der Waals surface area contributed by atoms with E-state index in [2.05, 4.69) is 20.9 Å². The lowest BCUT2D eigenvalue weighted by molar-refractivity contribution is 0.414. The lowest BCUT2D eigenvalue weighted by Gasteiger charge is -2.09. The quantitative estimate of drug-likeness (QED) is 0.874. The highest BCUT2D eigenvalue weighted by Crippen LogP contribution is 2.22. The summed E-state index contributed by atoms with van der Waals surface area (Å²) >= 11 is 3.47. The number of hydrogen-bond acceptors (Lipinski definition) is 3. The van der Waals surface area contributed by atoms with E-state index in [1.165, 1.54) is 0 Å². The molecule has 4 nitrogen and oxygen atoms in total. The molecule has 0 aliphatic heterocycles. The van der Waals surface area contributed by atoms with Crippen LogP contribution in [-0.2, 0) is 6.54 Å². The molecule has 94 valence electrons. The molecule has 0 saturated carbocycles. The molecule has 1 aromatic heterocycles. The van der Waals surface area contributed by atoms with Gasteiger partial charge in [0.2, 0.25) is 0 Å². The van der Waals surface area contributed by atoms with Crippen LogP contribution in [0, 0.1) is 6.92 Å². The highest BCUT2D eigenvalue weighted by Gasteiger charge is 2.05. The van der Waals surface area contributed by atoms with Crippen LogP contribution in [-0.4, -0.2) is 16.7 Å². The molecule has 0 atom stereocenters. The van der Waals surface area contributed by atoms with Gasteiger partial charge in [0.15, 0.2) is 0 Å². The van der Waals surface area contributed by atoms with Crippen molar-refractivity contribution in [1.29, 1.82) is 0 Å². The van der Waals surface area contributed by atoms with Gasteiger partial charge in [-0.1, -0.05) is 15.9 Å². The summed E-state index contributed by atoms with van der Waals surface area (Å²) in [4.78, 5) is 15.5. The number of methoxy groups -OCH3 is 1. The Bertz CT molecular complexity index is 623. The first kappa shape index (κ1) is 12.8. The van der Waals surface area contributed by atoms with Gasteiger partial charge in [0.05, 0.1) is 13.7 Å². The van der Waals surface area contributed by atoms with E-state index in [9.17, 15) is 4.79 Å². The second kappa shape index (κ2) is 5.35. The Balaban J connectivity index is 2.39. The number of aromatic nitrogens is 2. The summed E-state index contributed by atoms with van der Waals surface area (Å²) < 4.78 is 7.70. The summed E-state index contributed by atoms with van der Waals surface area (Å²) in [7, 11) is 1.62. The number of aryl methyl sites for hydroxylation is 1. The first-order valence-electron chi connectivity index (χ1n) is 5.45. The van der Waals surface area contributed by atoms with Gasteiger partial charge in [0.1, 0.15) is 5.75 Å². The van der Waals surface area contributed by atoms with Crippen LogP contribution in [0.2, 0.25) is 0 Å². The molecule has 2 aromatic rings. The Labute approximate surface area is 113 Å². The van der Waals surface area contributed by atoms with Gasteiger partial charge < -0.3 is 4.74 Å². The first-order chi connectivity index (χ1) is 8.60. The highest BCUT2D eigenvalue weighted by atomic mass is 79.9. The van der Waals surface area contributed by atoms with Gasteiger partial charge in [0.25, 0.3) is 0 Å². The molecule has 0 saturated heterocycles. The monoisotopic (exact) mass is 308 g/mol. The topological polar surface area (TPSA) is 44.1 Å². The Morgan fingerprint density at radius 2 is 2.22 bits per heavy atom. The summed E-state index contributed by atoms with van der Waals surface area (Å²) in [5.41, 5.74) is 1.67. The fraction of sp³-hybridized carbons (Fsp3) is 0.231. The van der Waals surface area contributed by atoms with Gasteiger partial charge in [-0.25, -0.2) is 9.78 Å². The molecule has 18 heavy (non-hydrogen) atoms. The zero-order chi connectivity index (χ0) is 13.1. The van der Waals surface area contributed by atoms with Crippen molar-refractivity contribution in [3.8, 4) is 5.75 Å². The van der Waals surface area contributed by atoms with E-state index < -0.39 is 0 Å². The molecule has 5 heteroatoms. The van der Waals surface area contributed by atoms with Crippen molar-refractivity contribution in [1.82, 2.24) is 9.55 Å². The fourth-order valence-corrected chi connectivity index (χ4v) is 2.03. The number of ether oxygens (including phenoxy) is 1. The normalized spacial score (nSPS) is 10.4. The van der Waals surface area contributed by atoms with E-state index in [0.717, 1.165) is 21.3 Å². The molecule has 0 spiro atoms. The molecule has 1 heterocycles. The number of hydrogen-bond donors (Lipinski definition) is 0. The third-order valence-electron chi connectivity index (χ3n) is 2.58. The van der Waals surface area contributed by atoms with Gasteiger partial charge in [-0.2, -0.15) is 0 Å². The zero-order valence-electron chi connectivity index (χ0n) is 10.2. The van der Waals surface area contributed by atoms with Crippen LogP contribution in [0.25, 0.3) is 0 Å². The van der Waals surface area contributed by atoms with E-state index in [-0.39, 0.29) is 5.69 Å². The minimum Gasteiger partial charge on any atom is -0.497 e. The third kappa shape index (κ3) is 2.79. The highest BCUT2D eigenvalue weighted by molar-refractivity contribution is 9.10. The van der Waals surface area contributed by atoms with Crippen LogP contribution >= 0.6 is 15.9 Å². The minimum atomic E-state index is -0.254. The Morgan fingerprint density at radius 1 is 1.44 bits per heavy atom. The van der Waals surface area contributed by atoms with E-state index in [0.29, 0.717) is 6.54 Å². The van der Waals surface area contributed by atoms with Crippen LogP contribution in [0.5, 0.6) is 5.75 Å². The van der Waals surface area contributed by atoms with Crippen LogP contribution < -0.4 is 10.4 Å². The van der Waals surface area contributed by atoms with E-state index in [1.807, 2.05) is 25.1 Å². The molecule has 0 bridgehead atoms. The summed E-state index contributed by atoms with van der Waals surface area (Å²) in [6, 6.07) is 5.67. The maximum Gasteiger partial charge on any atom is 0.347 e. The van der Waals surface area contributed by atoms with Crippen molar-refractivity contribution in [2.75, 3.05) is 7.11 Å². The Hall–Kier alpha value is -1.62. The molecular weight excluding hydrogens is 296 g/mol. The van der Waals surface area contributed by atoms with Crippen LogP contribution in [0.1, 0.15) is 11.1 Å². The van der Waals surface area contributed by atoms with Crippen molar-refractivity contribution in [3.63, 3.8) is 0 Å². The standard InChI is InChI=1S/C13H13BrN2O2/c1-9-6-15-13(17)16(7-9)8-10-5-11(18-2)3-4-12(10)14/h3-7H,8H2,1-2H3. The van der Waals surface area contributed by atoms with Crippen LogP contribution in [0.3, 0.4) is 0 Å². The minimum absolute atomic E-state index is 0.254. The SMILES string of the molecule is COc1ccc(Br)c(Cn2cc(C)cnc2=O)c1. The van der Waals surface area contributed by atoms with Crippen molar-refractivity contribution in [3.05, 3.63) is 56.7 Å². The Kier molecular flexibility index (Phi) is 3.81. The zero-order valence-corrected chi connectivity index (χ0v) is 11.8. The fourth-order valence-electron chi connectivity index (χ4n) is 1.66. The molecule has 0 aliphatic rings. The van der Waals surface area contributed by atoms with Gasteiger partial charge in [-0.3, -0.25) is 4.57 Å². The number of rotatable bonds is 3. The Morgan fingerprint density at radius 3 is 2.94 bits per heavy atom. The first-order valence-corrected chi connectivity index (χ1v) is 6.25. The maximum absolute atomic E-state index is 11.6. The predicted molar refractivity (Wildman–Crippen MR) is 73.0 cm³/mol. The summed E-state index contributed by atoms with van der Waals surface area (Å²) in [6.45, 7) is 2.37. The molecular formula is C13H13BrN2O2. The van der Waals surface area contributed by atoms with Gasteiger partial charge in [-0.15, -0.1) is 0 Å². The van der Waals surface area contributed by atoms with Gasteiger partial charge in [-0.05, 0) is 36.2 Å². The van der Waals surface area contributed by atoms with E-state index in [1.54, 1.807) is 24.1 Å². The smallest absolute Gasteiger partial charge is 0.347 e. The van der Waals surface area contributed by atoms with Crippen LogP contribution in [0.4, 0.5) is 0 Å². The van der Waals surface area contributed by atoms with Crippen LogP contribution in [0.15, 0.2) is 39.9 Å². The number of nitrogens with zero attached hydrogens (tertiary/aromatic N) is 2. The molecule has 2 rings (SSSR count). The van der Waals surface area contributed by atoms with E-state index in [4.69, 9.17) is 4.74 Å². The molecule has 0 fully saturated rings. The average Bonchev–Trinajstić information content (AvgIpc) is 2.36. The number of halogens is 1. The van der Waals surface area contributed by atoms with Crippen molar-refractivity contribution >= 4 is 15.9 Å². The maximum atomic E-state index is 11.6. The lowest BCUT2D eigenvalue weighted by Crippen LogP contribution is -2.23. The molecule has 0 unspecified atom stereocenters. The average molecular weight is 309 g/mol. The number of benzene rings is 1. The van der Waals surface area contributed by atoms with Crippen molar-refractivity contribution in [2.45, 2.75) is 13.5 Å². The van der Waals surface area contributed by atoms with Crippen molar-refractivity contribution in [2.24, 2.45) is 0 Å². The predicted octanol–water partition coefficient (Wildman–Crippen LogP) is 2.37. The molecule has 0 N–H and O–H groups in total. The molecule has 1 aromatic carbocycles. The molecule has 0 aliphatic carbocycles. The summed E-state index contributed by atoms with van der Waals surface area (Å²) in [5, 5.41) is 0. The molecule has 0 amide bonds. The second-order valence-electron chi connectivity index (χ2n) is 4.00. The van der Waals surface area contributed by atoms with Gasteiger partial charge in [0, 0.05) is 16.9 Å². The second-order valence-corrected chi connectivity index (χ2v) is 4.85. The van der Waals surface area contributed by atoms with Crippen molar-refractivity contribution < 1.29 is 4.74 Å². The summed E-state index contributed by atoms with van der Waals surface area (Å²) in [6.07, 6.45) is 3.36.